The molecule has 1 saturated heterocycles. The number of carbonyl (C=O) groups excluding carboxylic acids is 1. The van der Waals surface area contributed by atoms with Crippen LogP contribution in [0.1, 0.15) is 29.5 Å². The molecule has 0 unspecified atom stereocenters. The number of phenols is 1. The zero-order valence-corrected chi connectivity index (χ0v) is 20.9. The van der Waals surface area contributed by atoms with Crippen molar-refractivity contribution in [1.29, 1.82) is 0 Å². The molecule has 8 heteroatoms. The third-order valence-corrected chi connectivity index (χ3v) is 9.45. The summed E-state index contributed by atoms with van der Waals surface area (Å²) < 4.78 is 16.2. The van der Waals surface area contributed by atoms with E-state index in [-0.39, 0.29) is 24.5 Å². The molecule has 188 valence electrons. The number of benzene rings is 3. The number of carboxylic acid groups (broad SMARTS) is 1. The molecule has 1 heterocycles. The summed E-state index contributed by atoms with van der Waals surface area (Å²) in [5.41, 5.74) is 2.19. The van der Waals surface area contributed by atoms with Gasteiger partial charge in [-0.3, -0.25) is 14.0 Å². The molecule has 0 radical (unpaired) electrons. The van der Waals surface area contributed by atoms with Crippen LogP contribution in [0.5, 0.6) is 5.75 Å². The molecular formula is C28H31N2O5P. The number of aliphatic carboxylic acids is 1. The van der Waals surface area contributed by atoms with E-state index in [0.717, 1.165) is 17.5 Å². The monoisotopic (exact) mass is 506 g/mol. The molecule has 1 fully saturated rings. The molecule has 0 aliphatic carbocycles. The van der Waals surface area contributed by atoms with Crippen molar-refractivity contribution in [3.8, 4) is 5.75 Å². The van der Waals surface area contributed by atoms with E-state index in [4.69, 9.17) is 0 Å². The minimum absolute atomic E-state index is 0.0261. The second-order valence-electron chi connectivity index (χ2n) is 9.19. The molecule has 7 nitrogen and oxygen atoms in total. The quantitative estimate of drug-likeness (QED) is 0.346. The molecule has 36 heavy (non-hydrogen) atoms. The van der Waals surface area contributed by atoms with Gasteiger partial charge in [-0.1, -0.05) is 72.8 Å². The molecule has 1 amide bonds. The summed E-state index contributed by atoms with van der Waals surface area (Å²) >= 11 is 0. The van der Waals surface area contributed by atoms with Crippen LogP contribution in [0.25, 0.3) is 0 Å². The molecule has 0 spiro atoms. The first kappa shape index (κ1) is 25.7. The van der Waals surface area contributed by atoms with Crippen LogP contribution in [0.3, 0.4) is 0 Å². The Morgan fingerprint density at radius 1 is 0.889 bits per heavy atom. The van der Waals surface area contributed by atoms with E-state index in [9.17, 15) is 19.8 Å². The van der Waals surface area contributed by atoms with Crippen LogP contribution in [0, 0.1) is 0 Å². The van der Waals surface area contributed by atoms with Gasteiger partial charge in [0.1, 0.15) is 11.8 Å². The van der Waals surface area contributed by atoms with Crippen molar-refractivity contribution in [3.63, 3.8) is 0 Å². The maximum Gasteiger partial charge on any atom is 0.327 e. The van der Waals surface area contributed by atoms with Gasteiger partial charge < -0.3 is 15.5 Å². The smallest absolute Gasteiger partial charge is 0.327 e. The van der Waals surface area contributed by atoms with E-state index < -0.39 is 31.3 Å². The van der Waals surface area contributed by atoms with E-state index in [1.165, 1.54) is 16.8 Å². The zero-order valence-electron chi connectivity index (χ0n) is 20.0. The Morgan fingerprint density at radius 2 is 1.44 bits per heavy atom. The second kappa shape index (κ2) is 11.5. The molecule has 3 aromatic rings. The van der Waals surface area contributed by atoms with Gasteiger partial charge in [0, 0.05) is 18.7 Å². The van der Waals surface area contributed by atoms with E-state index in [0.29, 0.717) is 18.5 Å². The van der Waals surface area contributed by atoms with Crippen LogP contribution >= 0.6 is 7.29 Å². The van der Waals surface area contributed by atoms with Crippen LogP contribution in [0.2, 0.25) is 0 Å². The highest BCUT2D eigenvalue weighted by atomic mass is 31.2. The molecule has 3 aromatic carbocycles. The van der Waals surface area contributed by atoms with E-state index in [2.05, 4.69) is 5.32 Å². The molecular weight excluding hydrogens is 475 g/mol. The summed E-state index contributed by atoms with van der Waals surface area (Å²) in [5, 5.41) is 23.2. The molecule has 1 aliphatic heterocycles. The standard InChI is InChI=1S/C28H31N2O5P/c31-24-15-13-21(14-16-24)18-26(28(33)34)30(27(32)25-12-7-17-29-25)36(35,19-22-8-3-1-4-9-22)20-23-10-5-2-6-11-23/h1-6,8-11,13-16,25-26,29,31H,7,12,17-20H2,(H,33,34)/t25-,26-/m0/s1. The van der Waals surface area contributed by atoms with Gasteiger partial charge in [-0.2, -0.15) is 0 Å². The van der Waals surface area contributed by atoms with Gasteiger partial charge in [0.05, 0.1) is 6.04 Å². The van der Waals surface area contributed by atoms with Gasteiger partial charge in [0.25, 0.3) is 0 Å². The summed E-state index contributed by atoms with van der Waals surface area (Å²) in [4.78, 5) is 26.6. The molecule has 3 N–H and O–H groups in total. The largest absolute Gasteiger partial charge is 0.508 e. The highest BCUT2D eigenvalue weighted by Gasteiger charge is 2.45. The van der Waals surface area contributed by atoms with Crippen LogP contribution in [0.4, 0.5) is 0 Å². The lowest BCUT2D eigenvalue weighted by molar-refractivity contribution is -0.146. The minimum Gasteiger partial charge on any atom is -0.508 e. The summed E-state index contributed by atoms with van der Waals surface area (Å²) in [6.45, 7) is 0.654. The van der Waals surface area contributed by atoms with E-state index in [1.807, 2.05) is 60.7 Å². The van der Waals surface area contributed by atoms with Gasteiger partial charge in [-0.05, 0) is 48.2 Å². The fraction of sp³-hybridized carbons (Fsp3) is 0.286. The van der Waals surface area contributed by atoms with Gasteiger partial charge in [0.15, 0.2) is 7.29 Å². The normalized spacial score (nSPS) is 16.4. The Kier molecular flexibility index (Phi) is 8.24. The van der Waals surface area contributed by atoms with Gasteiger partial charge in [-0.15, -0.1) is 0 Å². The second-order valence-corrected chi connectivity index (χ2v) is 11.9. The average molecular weight is 507 g/mol. The van der Waals surface area contributed by atoms with Crippen LogP contribution < -0.4 is 5.32 Å². The van der Waals surface area contributed by atoms with Crippen LogP contribution in [-0.2, 0) is 32.9 Å². The molecule has 0 aromatic heterocycles. The zero-order chi connectivity index (χ0) is 25.5. The summed E-state index contributed by atoms with van der Waals surface area (Å²) in [5.74, 6) is -1.59. The molecule has 1 aliphatic rings. The molecule has 0 bridgehead atoms. The molecule has 2 atom stereocenters. The average Bonchev–Trinajstić information content (AvgIpc) is 3.41. The maximum atomic E-state index is 15.0. The van der Waals surface area contributed by atoms with Crippen molar-refractivity contribution in [3.05, 3.63) is 102 Å². The number of carboxylic acids is 1. The highest BCUT2D eigenvalue weighted by Crippen LogP contribution is 2.57. The van der Waals surface area contributed by atoms with E-state index in [1.54, 1.807) is 12.1 Å². The Morgan fingerprint density at radius 3 is 1.92 bits per heavy atom. The minimum atomic E-state index is -3.62. The summed E-state index contributed by atoms with van der Waals surface area (Å²) in [7, 11) is -3.62. The fourth-order valence-corrected chi connectivity index (χ4v) is 7.89. The lowest BCUT2D eigenvalue weighted by Crippen LogP contribution is -2.50. The van der Waals surface area contributed by atoms with Crippen molar-refractivity contribution in [2.24, 2.45) is 0 Å². The lowest BCUT2D eigenvalue weighted by atomic mass is 10.0. The predicted molar refractivity (Wildman–Crippen MR) is 139 cm³/mol. The Bertz CT molecular complexity index is 1170. The van der Waals surface area contributed by atoms with Gasteiger partial charge in [0.2, 0.25) is 5.91 Å². The predicted octanol–water partition coefficient (Wildman–Crippen LogP) is 4.65. The van der Waals surface area contributed by atoms with Gasteiger partial charge in [-0.25, -0.2) is 4.79 Å². The number of hydrogen-bond donors (Lipinski definition) is 3. The lowest BCUT2D eigenvalue weighted by Gasteiger charge is -2.38. The van der Waals surface area contributed by atoms with Crippen molar-refractivity contribution in [2.75, 3.05) is 6.54 Å². The SMILES string of the molecule is O=C(O)[C@H](Cc1ccc(O)cc1)N(C(=O)[C@@H]1CCCN1)P(=O)(Cc1ccccc1)Cc1ccccc1. The third kappa shape index (κ3) is 6.23. The first-order valence-corrected chi connectivity index (χ1v) is 14.1. The van der Waals surface area contributed by atoms with Crippen LogP contribution in [0.15, 0.2) is 84.9 Å². The van der Waals surface area contributed by atoms with E-state index >= 15 is 4.57 Å². The number of nitrogens with one attached hydrogen (secondary N) is 1. The van der Waals surface area contributed by atoms with Crippen molar-refractivity contribution >= 4 is 19.2 Å². The Hall–Kier alpha value is -3.41. The van der Waals surface area contributed by atoms with Crippen molar-refractivity contribution in [2.45, 2.75) is 43.7 Å². The number of rotatable bonds is 10. The Balaban J connectivity index is 1.81. The topological polar surface area (TPSA) is 107 Å². The van der Waals surface area contributed by atoms with Crippen molar-refractivity contribution < 1.29 is 24.4 Å². The third-order valence-electron chi connectivity index (χ3n) is 6.47. The summed E-state index contributed by atoms with van der Waals surface area (Å²) in [6.07, 6.45) is 1.47. The first-order valence-electron chi connectivity index (χ1n) is 12.1. The molecule has 0 saturated carbocycles. The van der Waals surface area contributed by atoms with Crippen LogP contribution in [-0.4, -0.2) is 45.4 Å². The number of nitrogens with zero attached hydrogens (tertiary/aromatic N) is 1. The van der Waals surface area contributed by atoms with Crippen molar-refractivity contribution in [1.82, 2.24) is 9.99 Å². The first-order chi connectivity index (χ1) is 17.4. The number of aromatic hydroxyl groups is 1. The number of carbonyl (C=O) groups is 2. The fourth-order valence-electron chi connectivity index (χ4n) is 4.72. The summed E-state index contributed by atoms with van der Waals surface area (Å²) in [6, 6.07) is 22.8. The number of amides is 1. The highest BCUT2D eigenvalue weighted by molar-refractivity contribution is 7.60. The van der Waals surface area contributed by atoms with Gasteiger partial charge >= 0.3 is 5.97 Å². The maximum absolute atomic E-state index is 15.0. The number of hydrogen-bond acceptors (Lipinski definition) is 5. The number of phenolic OH excluding ortho intramolecular Hbond substituents is 1. The molecule has 4 rings (SSSR count). The Labute approximate surface area is 211 Å².